The van der Waals surface area contributed by atoms with E-state index in [1.807, 2.05) is 13.0 Å². The zero-order valence-corrected chi connectivity index (χ0v) is 21.2. The normalized spacial score (nSPS) is 15.2. The predicted molar refractivity (Wildman–Crippen MR) is 136 cm³/mol. The van der Waals surface area contributed by atoms with Crippen LogP contribution in [0.15, 0.2) is 36.5 Å². The third kappa shape index (κ3) is 4.98. The first-order valence-corrected chi connectivity index (χ1v) is 12.2. The summed E-state index contributed by atoms with van der Waals surface area (Å²) in [6, 6.07) is 7.67. The lowest BCUT2D eigenvalue weighted by molar-refractivity contribution is -0.189. The van der Waals surface area contributed by atoms with Crippen LogP contribution in [0.5, 0.6) is 17.2 Å². The highest BCUT2D eigenvalue weighted by molar-refractivity contribution is 6.14. The number of alkyl halides is 3. The van der Waals surface area contributed by atoms with Crippen molar-refractivity contribution in [2.75, 3.05) is 33.9 Å². The van der Waals surface area contributed by atoms with Gasteiger partial charge in [0, 0.05) is 16.3 Å². The summed E-state index contributed by atoms with van der Waals surface area (Å²) in [5.41, 5.74) is 2.56. The summed E-state index contributed by atoms with van der Waals surface area (Å²) in [6.45, 7) is 4.50. The van der Waals surface area contributed by atoms with Crippen LogP contribution in [-0.4, -0.2) is 66.1 Å². The largest absolute Gasteiger partial charge is 0.493 e. The average Bonchev–Trinajstić information content (AvgIpc) is 3.36. The molecule has 0 unspecified atom stereocenters. The third-order valence-corrected chi connectivity index (χ3v) is 6.86. The van der Waals surface area contributed by atoms with Gasteiger partial charge in [-0.25, -0.2) is 9.78 Å². The van der Waals surface area contributed by atoms with E-state index in [0.29, 0.717) is 40.9 Å². The quantitative estimate of drug-likeness (QED) is 0.269. The number of carbonyl (C=O) groups is 1. The van der Waals surface area contributed by atoms with E-state index >= 15 is 0 Å². The number of fused-ring (bicyclic) bond motifs is 3. The first-order chi connectivity index (χ1) is 18.2. The number of likely N-dealkylation sites (tertiary alicyclic amines) is 1. The molecule has 3 heterocycles. The highest BCUT2D eigenvalue weighted by Gasteiger charge is 2.41. The fraction of sp³-hybridized carbons (Fsp3) is 0.370. The maximum Gasteiger partial charge on any atom is 0.491 e. The molecule has 38 heavy (non-hydrogen) atoms. The van der Waals surface area contributed by atoms with Gasteiger partial charge >= 0.3 is 12.1 Å². The van der Waals surface area contributed by atoms with Crippen LogP contribution in [0.25, 0.3) is 33.1 Å². The molecule has 0 spiro atoms. The lowest BCUT2D eigenvalue weighted by Gasteiger charge is -2.29. The molecule has 1 fully saturated rings. The van der Waals surface area contributed by atoms with Gasteiger partial charge in [-0.2, -0.15) is 18.3 Å². The van der Waals surface area contributed by atoms with Gasteiger partial charge in [0.05, 0.1) is 31.0 Å². The zero-order valence-electron chi connectivity index (χ0n) is 21.2. The lowest BCUT2D eigenvalue weighted by Crippen LogP contribution is -2.32. The van der Waals surface area contributed by atoms with Gasteiger partial charge in [0.25, 0.3) is 0 Å². The van der Waals surface area contributed by atoms with Gasteiger partial charge in [-0.15, -0.1) is 0 Å². The van der Waals surface area contributed by atoms with Crippen LogP contribution in [0.1, 0.15) is 18.4 Å². The SMILES string of the molecule is COc1c(C)cc2c(-c3ccc(OC(=O)C(F)(F)F)cc3)nc3[nH]ncc3c2c1OCC1CCN(C)CC1. The molecule has 0 saturated carbocycles. The molecular weight excluding hydrogens is 501 g/mol. The molecule has 5 rings (SSSR count). The minimum Gasteiger partial charge on any atom is -0.493 e. The smallest absolute Gasteiger partial charge is 0.491 e. The molecule has 0 aliphatic carbocycles. The number of benzene rings is 2. The van der Waals surface area contributed by atoms with Crippen molar-refractivity contribution in [3.8, 4) is 28.5 Å². The van der Waals surface area contributed by atoms with Gasteiger partial charge in [-0.3, -0.25) is 5.10 Å². The maximum absolute atomic E-state index is 12.6. The number of hydrogen-bond acceptors (Lipinski definition) is 7. The van der Waals surface area contributed by atoms with Gasteiger partial charge in [-0.05, 0) is 81.7 Å². The van der Waals surface area contributed by atoms with Crippen LogP contribution >= 0.6 is 0 Å². The van der Waals surface area contributed by atoms with E-state index in [4.69, 9.17) is 14.5 Å². The number of aryl methyl sites for hydroxylation is 1. The Labute approximate surface area is 216 Å². The molecule has 200 valence electrons. The molecule has 1 saturated heterocycles. The number of ether oxygens (including phenoxy) is 3. The number of nitrogens with one attached hydrogen (secondary N) is 1. The van der Waals surface area contributed by atoms with Crippen LogP contribution in [0.3, 0.4) is 0 Å². The van der Waals surface area contributed by atoms with Crippen molar-refractivity contribution in [1.29, 1.82) is 0 Å². The number of aromatic amines is 1. The number of H-pyrrole nitrogens is 1. The van der Waals surface area contributed by atoms with Crippen molar-refractivity contribution in [3.63, 3.8) is 0 Å². The van der Waals surface area contributed by atoms with E-state index in [1.54, 1.807) is 25.4 Å². The number of pyridine rings is 1. The molecule has 0 bridgehead atoms. The van der Waals surface area contributed by atoms with E-state index in [0.717, 1.165) is 47.7 Å². The molecule has 0 radical (unpaired) electrons. The molecule has 4 aromatic rings. The van der Waals surface area contributed by atoms with Gasteiger partial charge in [0.1, 0.15) is 5.75 Å². The highest BCUT2D eigenvalue weighted by atomic mass is 19.4. The van der Waals surface area contributed by atoms with Crippen LogP contribution in [-0.2, 0) is 4.79 Å². The zero-order chi connectivity index (χ0) is 27.0. The van der Waals surface area contributed by atoms with Gasteiger partial charge < -0.3 is 19.1 Å². The predicted octanol–water partition coefficient (Wildman–Crippen LogP) is 5.28. The minimum atomic E-state index is -5.08. The summed E-state index contributed by atoms with van der Waals surface area (Å²) < 4.78 is 54.5. The fourth-order valence-corrected chi connectivity index (χ4v) is 4.83. The van der Waals surface area contributed by atoms with Gasteiger partial charge in [0.2, 0.25) is 0 Å². The number of methoxy groups -OCH3 is 1. The number of piperidine rings is 1. The highest BCUT2D eigenvalue weighted by Crippen LogP contribution is 2.45. The van der Waals surface area contributed by atoms with Crippen molar-refractivity contribution in [1.82, 2.24) is 20.1 Å². The van der Waals surface area contributed by atoms with E-state index in [1.165, 1.54) is 12.1 Å². The summed E-state index contributed by atoms with van der Waals surface area (Å²) in [7, 11) is 3.72. The van der Waals surface area contributed by atoms with Gasteiger partial charge in [0.15, 0.2) is 17.1 Å². The number of carbonyl (C=O) groups excluding carboxylic acids is 1. The Morgan fingerprint density at radius 1 is 1.13 bits per heavy atom. The Kier molecular flexibility index (Phi) is 6.87. The van der Waals surface area contributed by atoms with Crippen molar-refractivity contribution in [2.45, 2.75) is 25.9 Å². The second-order valence-electron chi connectivity index (χ2n) is 9.54. The third-order valence-electron chi connectivity index (χ3n) is 6.86. The fourth-order valence-electron chi connectivity index (χ4n) is 4.83. The van der Waals surface area contributed by atoms with Crippen LogP contribution in [0, 0.1) is 12.8 Å². The average molecular weight is 529 g/mol. The molecule has 2 aromatic heterocycles. The van der Waals surface area contributed by atoms with Crippen molar-refractivity contribution >= 4 is 27.8 Å². The van der Waals surface area contributed by atoms with Crippen molar-refractivity contribution in [2.24, 2.45) is 5.92 Å². The van der Waals surface area contributed by atoms with E-state index in [2.05, 4.69) is 26.9 Å². The van der Waals surface area contributed by atoms with Crippen molar-refractivity contribution < 1.29 is 32.2 Å². The Morgan fingerprint density at radius 2 is 1.84 bits per heavy atom. The minimum absolute atomic E-state index is 0.219. The number of hydrogen-bond donors (Lipinski definition) is 1. The second-order valence-corrected chi connectivity index (χ2v) is 9.54. The summed E-state index contributed by atoms with van der Waals surface area (Å²) in [4.78, 5) is 18.3. The van der Waals surface area contributed by atoms with E-state index < -0.39 is 12.1 Å². The first kappa shape index (κ1) is 25.8. The Bertz CT molecular complexity index is 1480. The summed E-state index contributed by atoms with van der Waals surface area (Å²) in [6.07, 6.45) is -1.31. The molecular formula is C27H27F3N4O4. The van der Waals surface area contributed by atoms with E-state index in [9.17, 15) is 18.0 Å². The number of esters is 1. The molecule has 1 N–H and O–H groups in total. The molecule has 1 aliphatic heterocycles. The number of nitrogens with zero attached hydrogens (tertiary/aromatic N) is 3. The van der Waals surface area contributed by atoms with Crippen molar-refractivity contribution in [3.05, 3.63) is 42.1 Å². The lowest BCUT2D eigenvalue weighted by atomic mass is 9.97. The molecule has 8 nitrogen and oxygen atoms in total. The monoisotopic (exact) mass is 528 g/mol. The Hall–Kier alpha value is -3.86. The summed E-state index contributed by atoms with van der Waals surface area (Å²) >= 11 is 0. The molecule has 0 atom stereocenters. The number of halogens is 3. The Morgan fingerprint density at radius 3 is 2.50 bits per heavy atom. The topological polar surface area (TPSA) is 89.6 Å². The van der Waals surface area contributed by atoms with E-state index in [-0.39, 0.29) is 5.75 Å². The first-order valence-electron chi connectivity index (χ1n) is 12.2. The van der Waals surface area contributed by atoms with Crippen LogP contribution in [0.4, 0.5) is 13.2 Å². The molecule has 11 heteroatoms. The molecule has 2 aromatic carbocycles. The maximum atomic E-state index is 12.6. The second kappa shape index (κ2) is 10.1. The summed E-state index contributed by atoms with van der Waals surface area (Å²) in [5.74, 6) is -0.851. The summed E-state index contributed by atoms with van der Waals surface area (Å²) in [5, 5.41) is 9.40. The molecule has 0 amide bonds. The number of aromatic nitrogens is 3. The van der Waals surface area contributed by atoms with Crippen LogP contribution in [0.2, 0.25) is 0 Å². The van der Waals surface area contributed by atoms with Gasteiger partial charge in [-0.1, -0.05) is 0 Å². The molecule has 1 aliphatic rings. The van der Waals surface area contributed by atoms with Crippen LogP contribution < -0.4 is 14.2 Å². The Balaban J connectivity index is 1.58. The standard InChI is InChI=1S/C27H27F3N4O4/c1-15-12-19-21(24(23(15)36-3)37-14-16-8-10-34(2)11-9-16)20-13-31-33-25(20)32-22(19)17-4-6-18(7-5-17)38-26(35)27(28,29)30/h4-7,12-13,16H,8-11,14H2,1-3H3,(H,31,32,33). The number of rotatable bonds is 6.